The molecule has 0 spiro atoms. The molecular weight excluding hydrogens is 415 g/mol. The number of hydrogen-bond acceptors (Lipinski definition) is 5. The van der Waals surface area contributed by atoms with Gasteiger partial charge in [-0.25, -0.2) is 0 Å². The Kier molecular flexibility index (Phi) is 9.30. The van der Waals surface area contributed by atoms with Crippen LogP contribution in [-0.4, -0.2) is 68.7 Å². The Morgan fingerprint density at radius 3 is 2.62 bits per heavy atom. The summed E-state index contributed by atoms with van der Waals surface area (Å²) in [6, 6.07) is 4.08. The van der Waals surface area contributed by atoms with Crippen molar-refractivity contribution in [3.8, 4) is 5.88 Å². The van der Waals surface area contributed by atoms with Gasteiger partial charge >= 0.3 is 123 Å². The van der Waals surface area contributed by atoms with E-state index in [1.165, 1.54) is 31.7 Å². The summed E-state index contributed by atoms with van der Waals surface area (Å²) in [6.45, 7) is 10.9. The van der Waals surface area contributed by atoms with Crippen molar-refractivity contribution in [3.63, 3.8) is 0 Å². The minimum atomic E-state index is -0.760. The molecule has 0 aromatic carbocycles. The van der Waals surface area contributed by atoms with Crippen LogP contribution in [0, 0.1) is 0 Å². The van der Waals surface area contributed by atoms with Crippen molar-refractivity contribution in [2.45, 2.75) is 26.3 Å². The molecule has 1 aromatic rings. The van der Waals surface area contributed by atoms with Gasteiger partial charge in [-0.2, -0.15) is 0 Å². The Bertz CT molecular complexity index is 447. The van der Waals surface area contributed by atoms with Crippen molar-refractivity contribution in [3.05, 3.63) is 23.9 Å². The molecule has 0 unspecified atom stereocenters. The average Bonchev–Trinajstić information content (AvgIpc) is 2.60. The zero-order valence-corrected chi connectivity index (χ0v) is 17.6. The fourth-order valence-corrected chi connectivity index (χ4v) is 5.12. The Labute approximate surface area is 154 Å². The van der Waals surface area contributed by atoms with Crippen molar-refractivity contribution in [1.82, 2.24) is 18.3 Å². The summed E-state index contributed by atoms with van der Waals surface area (Å²) >= 11 is -0.760. The van der Waals surface area contributed by atoms with Gasteiger partial charge in [0.25, 0.3) is 0 Å². The van der Waals surface area contributed by atoms with Gasteiger partial charge in [-0.15, -0.1) is 0 Å². The van der Waals surface area contributed by atoms with Gasteiger partial charge in [-0.05, 0) is 13.0 Å². The monoisotopic (exact) mass is 448 g/mol. The Morgan fingerprint density at radius 1 is 1.21 bits per heavy atom. The van der Waals surface area contributed by atoms with Crippen LogP contribution in [0.4, 0.5) is 0 Å². The number of nitrogens with one attached hydrogen (secondary N) is 1. The second-order valence-electron chi connectivity index (χ2n) is 6.35. The molecule has 138 valence electrons. The second-order valence-corrected chi connectivity index (χ2v) is 11.8. The quantitative estimate of drug-likeness (QED) is 0.258. The van der Waals surface area contributed by atoms with Crippen molar-refractivity contribution >= 4 is 20.1 Å². The SMILES string of the molecule is CCCNCc1ccc(OCCCN2CCN(I(C)C)CC2)nc1. The van der Waals surface area contributed by atoms with Crippen LogP contribution >= 0.6 is 20.1 Å². The van der Waals surface area contributed by atoms with Crippen LogP contribution in [0.5, 0.6) is 5.88 Å². The van der Waals surface area contributed by atoms with Gasteiger partial charge in [0.2, 0.25) is 0 Å². The van der Waals surface area contributed by atoms with E-state index in [-0.39, 0.29) is 0 Å². The van der Waals surface area contributed by atoms with E-state index in [1.54, 1.807) is 0 Å². The molecule has 24 heavy (non-hydrogen) atoms. The van der Waals surface area contributed by atoms with E-state index in [2.05, 4.69) is 41.2 Å². The van der Waals surface area contributed by atoms with Gasteiger partial charge in [0.1, 0.15) is 0 Å². The molecule has 0 aliphatic carbocycles. The first kappa shape index (κ1) is 19.9. The van der Waals surface area contributed by atoms with Crippen LogP contribution in [0.25, 0.3) is 0 Å². The number of halogens is 1. The van der Waals surface area contributed by atoms with Gasteiger partial charge in [-0.3, -0.25) is 0 Å². The number of piperazine rings is 1. The first-order valence-electron chi connectivity index (χ1n) is 8.95. The molecule has 0 radical (unpaired) electrons. The maximum atomic E-state index is 5.78. The van der Waals surface area contributed by atoms with Gasteiger partial charge in [0, 0.05) is 6.54 Å². The molecular formula is C18H33IN4O. The number of nitrogens with zero attached hydrogens (tertiary/aromatic N) is 3. The van der Waals surface area contributed by atoms with Crippen LogP contribution in [-0.2, 0) is 6.54 Å². The second kappa shape index (κ2) is 11.2. The number of ether oxygens (including phenoxy) is 1. The van der Waals surface area contributed by atoms with E-state index in [9.17, 15) is 0 Å². The number of pyridine rings is 1. The predicted octanol–water partition coefficient (Wildman–Crippen LogP) is 2.65. The van der Waals surface area contributed by atoms with E-state index < -0.39 is 20.1 Å². The first-order chi connectivity index (χ1) is 11.7. The third kappa shape index (κ3) is 7.21. The van der Waals surface area contributed by atoms with E-state index in [1.807, 2.05) is 12.3 Å². The molecule has 1 N–H and O–H groups in total. The van der Waals surface area contributed by atoms with E-state index in [4.69, 9.17) is 4.74 Å². The summed E-state index contributed by atoms with van der Waals surface area (Å²) in [4.78, 5) is 11.8. The molecule has 6 heteroatoms. The van der Waals surface area contributed by atoms with Crippen LogP contribution in [0.2, 0.25) is 0 Å². The normalized spacial score (nSPS) is 17.0. The Morgan fingerprint density at radius 2 is 2.00 bits per heavy atom. The first-order valence-corrected chi connectivity index (χ1v) is 14.2. The number of rotatable bonds is 10. The topological polar surface area (TPSA) is 40.6 Å². The molecule has 2 rings (SSSR count). The zero-order chi connectivity index (χ0) is 17.2. The van der Waals surface area contributed by atoms with Gasteiger partial charge in [0.15, 0.2) is 0 Å². The molecule has 1 aromatic heterocycles. The van der Waals surface area contributed by atoms with Crippen molar-refractivity contribution in [1.29, 1.82) is 0 Å². The molecule has 1 aliphatic rings. The Balaban J connectivity index is 1.57. The molecule has 1 saturated heterocycles. The molecule has 0 bridgehead atoms. The third-order valence-electron chi connectivity index (χ3n) is 4.22. The molecule has 0 atom stereocenters. The number of hydrogen-bond donors (Lipinski definition) is 1. The number of alkyl halides is 2. The average molecular weight is 448 g/mol. The van der Waals surface area contributed by atoms with E-state index >= 15 is 0 Å². The van der Waals surface area contributed by atoms with E-state index in [0.717, 1.165) is 45.0 Å². The van der Waals surface area contributed by atoms with Gasteiger partial charge in [-0.1, -0.05) is 6.92 Å². The van der Waals surface area contributed by atoms with Gasteiger partial charge in [0.05, 0.1) is 0 Å². The van der Waals surface area contributed by atoms with Gasteiger partial charge < -0.3 is 5.32 Å². The summed E-state index contributed by atoms with van der Waals surface area (Å²) in [6.07, 6.45) is 4.14. The predicted molar refractivity (Wildman–Crippen MR) is 110 cm³/mol. The fraction of sp³-hybridized carbons (Fsp3) is 0.722. The summed E-state index contributed by atoms with van der Waals surface area (Å²) in [5, 5.41) is 3.38. The van der Waals surface area contributed by atoms with Crippen molar-refractivity contribution in [2.24, 2.45) is 0 Å². The molecule has 1 fully saturated rings. The summed E-state index contributed by atoms with van der Waals surface area (Å²) < 4.78 is 8.48. The van der Waals surface area contributed by atoms with Crippen LogP contribution in [0.1, 0.15) is 25.3 Å². The summed E-state index contributed by atoms with van der Waals surface area (Å²) in [5.41, 5.74) is 1.21. The molecule has 1 aliphatic heterocycles. The molecule has 5 nitrogen and oxygen atoms in total. The van der Waals surface area contributed by atoms with Crippen molar-refractivity contribution in [2.75, 3.05) is 55.7 Å². The fourth-order valence-electron chi connectivity index (χ4n) is 2.76. The van der Waals surface area contributed by atoms with E-state index in [0.29, 0.717) is 0 Å². The summed E-state index contributed by atoms with van der Waals surface area (Å²) in [5.74, 6) is 0.741. The molecule has 2 heterocycles. The van der Waals surface area contributed by atoms with Crippen molar-refractivity contribution < 1.29 is 4.74 Å². The third-order valence-corrected chi connectivity index (χ3v) is 7.91. The van der Waals surface area contributed by atoms with Crippen LogP contribution < -0.4 is 10.1 Å². The maximum absolute atomic E-state index is 5.78. The molecule has 0 saturated carbocycles. The Hall–Kier alpha value is -0.440. The van der Waals surface area contributed by atoms with Crippen LogP contribution in [0.3, 0.4) is 0 Å². The molecule has 0 amide bonds. The van der Waals surface area contributed by atoms with Crippen LogP contribution in [0.15, 0.2) is 18.3 Å². The summed E-state index contributed by atoms with van der Waals surface area (Å²) in [7, 11) is 0. The zero-order valence-electron chi connectivity index (χ0n) is 15.4. The number of aromatic nitrogens is 1. The standard InChI is InChI=1S/C18H33IN4O/c1-4-8-20-15-17-6-7-18(21-16-17)24-14-5-9-22-10-12-23(13-11-22)19(2)3/h6-7,16,20H,4-5,8-15H2,1-3H3. The minimum absolute atomic E-state index is 0.741.